The molecule has 1 aliphatic rings. The maximum atomic E-state index is 12.4. The Kier molecular flexibility index (Phi) is 7.59. The molecule has 0 radical (unpaired) electrons. The average Bonchev–Trinajstić information content (AvgIpc) is 2.86. The largest absolute Gasteiger partial charge is 0.383 e. The highest BCUT2D eigenvalue weighted by Crippen LogP contribution is 2.26. The van der Waals surface area contributed by atoms with E-state index >= 15 is 0 Å². The van der Waals surface area contributed by atoms with Crippen molar-refractivity contribution in [3.05, 3.63) is 27.7 Å². The quantitative estimate of drug-likeness (QED) is 0.723. The van der Waals surface area contributed by atoms with E-state index in [2.05, 4.69) is 26.0 Å². The third kappa shape index (κ3) is 4.80. The first-order valence-corrected chi connectivity index (χ1v) is 9.23. The molecule has 0 aromatic heterocycles. The number of benzene rings is 1. The van der Waals surface area contributed by atoms with Crippen LogP contribution in [0.1, 0.15) is 12.8 Å². The molecule has 9 heteroatoms. The van der Waals surface area contributed by atoms with Crippen LogP contribution in [0.25, 0.3) is 0 Å². The van der Waals surface area contributed by atoms with Crippen molar-refractivity contribution in [2.24, 2.45) is 0 Å². The molecule has 2 N–H and O–H groups in total. The lowest BCUT2D eigenvalue weighted by molar-refractivity contribution is 0.122. The van der Waals surface area contributed by atoms with Crippen molar-refractivity contribution in [3.8, 4) is 0 Å². The summed E-state index contributed by atoms with van der Waals surface area (Å²) in [6.45, 7) is 1.60. The molecule has 1 fully saturated rings. The molecule has 1 aromatic rings. The van der Waals surface area contributed by atoms with Gasteiger partial charge in [0.25, 0.3) is 0 Å². The smallest absolute Gasteiger partial charge is 0.242 e. The predicted molar refractivity (Wildman–Crippen MR) is 93.4 cm³/mol. The number of halogens is 3. The van der Waals surface area contributed by atoms with Crippen LogP contribution in [-0.2, 0) is 14.8 Å². The first kappa shape index (κ1) is 20.2. The van der Waals surface area contributed by atoms with Gasteiger partial charge in [0.15, 0.2) is 0 Å². The van der Waals surface area contributed by atoms with Crippen molar-refractivity contribution in [2.75, 3.05) is 26.8 Å². The van der Waals surface area contributed by atoms with E-state index < -0.39 is 10.0 Å². The zero-order chi connectivity index (χ0) is 15.5. The predicted octanol–water partition coefficient (Wildman–Crippen LogP) is 2.57. The van der Waals surface area contributed by atoms with E-state index in [1.807, 2.05) is 0 Å². The van der Waals surface area contributed by atoms with Crippen molar-refractivity contribution in [2.45, 2.75) is 23.3 Å². The van der Waals surface area contributed by atoms with E-state index in [0.717, 1.165) is 23.9 Å². The second-order valence-electron chi connectivity index (χ2n) is 5.14. The van der Waals surface area contributed by atoms with Crippen LogP contribution >= 0.6 is 39.9 Å². The van der Waals surface area contributed by atoms with Crippen LogP contribution in [-0.4, -0.2) is 40.8 Å². The van der Waals surface area contributed by atoms with Gasteiger partial charge >= 0.3 is 0 Å². The molecule has 1 atom stereocenters. The van der Waals surface area contributed by atoms with Crippen LogP contribution in [0.15, 0.2) is 27.6 Å². The molecule has 22 heavy (non-hydrogen) atoms. The summed E-state index contributed by atoms with van der Waals surface area (Å²) in [5.74, 6) is 0. The van der Waals surface area contributed by atoms with Gasteiger partial charge in [-0.3, -0.25) is 0 Å². The summed E-state index contributed by atoms with van der Waals surface area (Å²) in [7, 11) is -2.04. The van der Waals surface area contributed by atoms with E-state index in [-0.39, 0.29) is 34.4 Å². The summed E-state index contributed by atoms with van der Waals surface area (Å²) >= 11 is 9.27. The van der Waals surface area contributed by atoms with E-state index in [9.17, 15) is 8.42 Å². The lowest BCUT2D eigenvalue weighted by Gasteiger charge is -2.28. The molecule has 0 saturated carbocycles. The lowest BCUT2D eigenvalue weighted by atomic mass is 9.99. The summed E-state index contributed by atoms with van der Waals surface area (Å²) in [5.41, 5.74) is -0.344. The Hall–Kier alpha value is 0.110. The second kappa shape index (κ2) is 8.28. The van der Waals surface area contributed by atoms with Crippen molar-refractivity contribution >= 4 is 50.0 Å². The fourth-order valence-electron chi connectivity index (χ4n) is 2.47. The fourth-order valence-corrected chi connectivity index (χ4v) is 4.64. The summed E-state index contributed by atoms with van der Waals surface area (Å²) < 4.78 is 33.4. The van der Waals surface area contributed by atoms with E-state index in [4.69, 9.17) is 16.3 Å². The summed E-state index contributed by atoms with van der Waals surface area (Å²) in [4.78, 5) is 0.0814. The first-order valence-electron chi connectivity index (χ1n) is 6.57. The molecular weight excluding hydrogens is 415 g/mol. The third-order valence-electron chi connectivity index (χ3n) is 3.54. The normalized spacial score (nSPS) is 21.6. The Bertz CT molecular complexity index is 607. The molecular formula is C13H19BrCl2N2O3S. The summed E-state index contributed by atoms with van der Waals surface area (Å²) in [6, 6.07) is 4.70. The lowest BCUT2D eigenvalue weighted by Crippen LogP contribution is -2.52. The Morgan fingerprint density at radius 1 is 1.50 bits per heavy atom. The zero-order valence-corrected chi connectivity index (χ0v) is 16.0. The van der Waals surface area contributed by atoms with Crippen LogP contribution in [0.5, 0.6) is 0 Å². The highest BCUT2D eigenvalue weighted by atomic mass is 79.9. The van der Waals surface area contributed by atoms with Crippen LogP contribution < -0.4 is 10.0 Å². The van der Waals surface area contributed by atoms with Gasteiger partial charge in [-0.15, -0.1) is 12.4 Å². The Morgan fingerprint density at radius 3 is 2.77 bits per heavy atom. The van der Waals surface area contributed by atoms with Crippen molar-refractivity contribution < 1.29 is 13.2 Å². The van der Waals surface area contributed by atoms with Gasteiger partial charge in [-0.25, -0.2) is 13.1 Å². The van der Waals surface area contributed by atoms with Gasteiger partial charge in [-0.1, -0.05) is 27.5 Å². The highest BCUT2D eigenvalue weighted by Gasteiger charge is 2.35. The number of nitrogens with one attached hydrogen (secondary N) is 2. The van der Waals surface area contributed by atoms with Crippen molar-refractivity contribution in [3.63, 3.8) is 0 Å². The second-order valence-corrected chi connectivity index (χ2v) is 8.20. The Morgan fingerprint density at radius 2 is 2.23 bits per heavy atom. The fraction of sp³-hybridized carbons (Fsp3) is 0.538. The van der Waals surface area contributed by atoms with Gasteiger partial charge in [0.2, 0.25) is 10.0 Å². The molecule has 0 bridgehead atoms. The average molecular weight is 434 g/mol. The molecule has 0 aliphatic carbocycles. The molecule has 1 unspecified atom stereocenters. The van der Waals surface area contributed by atoms with E-state index in [1.54, 1.807) is 19.2 Å². The van der Waals surface area contributed by atoms with Gasteiger partial charge in [-0.2, -0.15) is 0 Å². The number of sulfonamides is 1. The van der Waals surface area contributed by atoms with Crippen molar-refractivity contribution in [1.82, 2.24) is 10.0 Å². The Balaban J connectivity index is 0.00000242. The standard InChI is InChI=1S/C13H18BrClN2O3S.ClH/c1-20-9-13(5-2-6-16-13)8-17-21(18,19)12-4-3-10(14)7-11(12)15;/h3-4,7,16-17H,2,5-6,8-9H2,1H3;1H. The van der Waals surface area contributed by atoms with Crippen molar-refractivity contribution in [1.29, 1.82) is 0 Å². The molecule has 1 aliphatic heterocycles. The maximum absolute atomic E-state index is 12.4. The molecule has 2 rings (SSSR count). The van der Waals surface area contributed by atoms with Gasteiger partial charge in [0.05, 0.1) is 17.2 Å². The SMILES string of the molecule is COCC1(CNS(=O)(=O)c2ccc(Br)cc2Cl)CCCN1.Cl. The number of methoxy groups -OCH3 is 1. The molecule has 1 aromatic carbocycles. The maximum Gasteiger partial charge on any atom is 0.242 e. The van der Waals surface area contributed by atoms with Crippen LogP contribution in [0.4, 0.5) is 0 Å². The topological polar surface area (TPSA) is 67.4 Å². The number of hydrogen-bond donors (Lipinski definition) is 2. The van der Waals surface area contributed by atoms with E-state index in [1.165, 1.54) is 6.07 Å². The molecule has 1 heterocycles. The molecule has 1 saturated heterocycles. The van der Waals surface area contributed by atoms with Gasteiger partial charge in [-0.05, 0) is 37.6 Å². The molecule has 126 valence electrons. The van der Waals surface area contributed by atoms with Crippen LogP contribution in [0.2, 0.25) is 5.02 Å². The summed E-state index contributed by atoms with van der Waals surface area (Å²) in [6.07, 6.45) is 1.88. The zero-order valence-electron chi connectivity index (χ0n) is 12.1. The van der Waals surface area contributed by atoms with Gasteiger partial charge < -0.3 is 10.1 Å². The van der Waals surface area contributed by atoms with Crippen LogP contribution in [0.3, 0.4) is 0 Å². The molecule has 0 amide bonds. The number of rotatable bonds is 6. The molecule has 5 nitrogen and oxygen atoms in total. The Labute approximate surface area is 150 Å². The van der Waals surface area contributed by atoms with E-state index in [0.29, 0.717) is 6.61 Å². The number of ether oxygens (including phenoxy) is 1. The third-order valence-corrected chi connectivity index (χ3v) is 5.91. The summed E-state index contributed by atoms with van der Waals surface area (Å²) in [5, 5.41) is 3.52. The molecule has 0 spiro atoms. The number of hydrogen-bond acceptors (Lipinski definition) is 4. The van der Waals surface area contributed by atoms with Gasteiger partial charge in [0.1, 0.15) is 4.90 Å². The minimum absolute atomic E-state index is 0. The highest BCUT2D eigenvalue weighted by molar-refractivity contribution is 9.10. The van der Waals surface area contributed by atoms with Crippen LogP contribution in [0, 0.1) is 0 Å². The monoisotopic (exact) mass is 432 g/mol. The minimum atomic E-state index is -3.65. The minimum Gasteiger partial charge on any atom is -0.383 e. The van der Waals surface area contributed by atoms with Gasteiger partial charge in [0, 0.05) is 18.1 Å². The first-order chi connectivity index (χ1) is 9.88.